The topological polar surface area (TPSA) is 65.7 Å². The highest BCUT2D eigenvalue weighted by molar-refractivity contribution is 5.78. The van der Waals surface area contributed by atoms with Crippen molar-refractivity contribution in [1.29, 1.82) is 0 Å². The van der Waals surface area contributed by atoms with Gasteiger partial charge in [0.15, 0.2) is 0 Å². The van der Waals surface area contributed by atoms with E-state index >= 15 is 0 Å². The predicted molar refractivity (Wildman–Crippen MR) is 62.6 cm³/mol. The van der Waals surface area contributed by atoms with Crippen LogP contribution in [0.5, 0.6) is 0 Å². The van der Waals surface area contributed by atoms with Gasteiger partial charge in [-0.25, -0.2) is 0 Å². The summed E-state index contributed by atoms with van der Waals surface area (Å²) in [6.45, 7) is 2.30. The molecule has 1 aromatic rings. The molecule has 0 amide bonds. The molecule has 0 atom stereocenters. The van der Waals surface area contributed by atoms with E-state index in [1.54, 1.807) is 13.3 Å². The normalized spacial score (nSPS) is 20.3. The van der Waals surface area contributed by atoms with Gasteiger partial charge in [-0.3, -0.25) is 9.69 Å². The second-order valence-corrected chi connectivity index (χ2v) is 4.49. The van der Waals surface area contributed by atoms with Gasteiger partial charge in [0, 0.05) is 13.1 Å². The Hall–Kier alpha value is -1.33. The number of rotatable bonds is 4. The van der Waals surface area contributed by atoms with E-state index in [0.29, 0.717) is 12.8 Å². The van der Waals surface area contributed by atoms with Gasteiger partial charge in [-0.1, -0.05) is 0 Å². The van der Waals surface area contributed by atoms with Crippen LogP contribution in [0.15, 0.2) is 22.8 Å². The number of likely N-dealkylation sites (N-methyl/N-ethyl adjacent to an activating group) is 1. The molecule has 0 bridgehead atoms. The molecule has 1 aliphatic heterocycles. The predicted octanol–water partition coefficient (Wildman–Crippen LogP) is 0.918. The highest BCUT2D eigenvalue weighted by atomic mass is 16.4. The largest absolute Gasteiger partial charge is 0.480 e. The molecule has 0 radical (unpaired) electrons. The number of carboxylic acid groups (broad SMARTS) is 1. The minimum Gasteiger partial charge on any atom is -0.480 e. The number of nitrogens with one attached hydrogen (secondary N) is 1. The highest BCUT2D eigenvalue weighted by Gasteiger charge is 2.39. The van der Waals surface area contributed by atoms with Crippen molar-refractivity contribution in [1.82, 2.24) is 10.2 Å². The first-order valence-electron chi connectivity index (χ1n) is 5.83. The molecule has 2 N–H and O–H groups in total. The summed E-state index contributed by atoms with van der Waals surface area (Å²) in [6.07, 6.45) is 2.91. The Labute approximate surface area is 100 Å². The Morgan fingerprint density at radius 2 is 2.29 bits per heavy atom. The van der Waals surface area contributed by atoms with Gasteiger partial charge in [-0.2, -0.15) is 0 Å². The lowest BCUT2D eigenvalue weighted by atomic mass is 9.88. The minimum atomic E-state index is -0.752. The fourth-order valence-electron chi connectivity index (χ4n) is 2.29. The van der Waals surface area contributed by atoms with Crippen LogP contribution in [0.2, 0.25) is 0 Å². The van der Waals surface area contributed by atoms with Crippen LogP contribution in [0, 0.1) is 0 Å². The van der Waals surface area contributed by atoms with E-state index in [-0.39, 0.29) is 0 Å². The Morgan fingerprint density at radius 1 is 1.59 bits per heavy atom. The first-order chi connectivity index (χ1) is 8.16. The van der Waals surface area contributed by atoms with Crippen LogP contribution < -0.4 is 5.32 Å². The van der Waals surface area contributed by atoms with Crippen molar-refractivity contribution in [3.63, 3.8) is 0 Å². The molecule has 1 aromatic heterocycles. The average molecular weight is 238 g/mol. The SMILES string of the molecule is CNC1(C(=O)O)CCN(Cc2ccco2)CC1. The summed E-state index contributed by atoms with van der Waals surface area (Å²) in [4.78, 5) is 13.5. The fourth-order valence-corrected chi connectivity index (χ4v) is 2.29. The molecule has 0 spiro atoms. The summed E-state index contributed by atoms with van der Waals surface area (Å²) in [7, 11) is 1.72. The number of aliphatic carboxylic acids is 1. The van der Waals surface area contributed by atoms with Crippen LogP contribution in [0.1, 0.15) is 18.6 Å². The molecule has 5 nitrogen and oxygen atoms in total. The van der Waals surface area contributed by atoms with Gasteiger partial charge in [0.1, 0.15) is 11.3 Å². The number of carbonyl (C=O) groups is 1. The minimum absolute atomic E-state index is 0.625. The zero-order valence-electron chi connectivity index (χ0n) is 9.98. The Morgan fingerprint density at radius 3 is 2.76 bits per heavy atom. The van der Waals surface area contributed by atoms with E-state index in [9.17, 15) is 9.90 Å². The Bertz CT molecular complexity index is 367. The van der Waals surface area contributed by atoms with E-state index in [0.717, 1.165) is 25.4 Å². The summed E-state index contributed by atoms with van der Waals surface area (Å²) in [6, 6.07) is 3.81. The lowest BCUT2D eigenvalue weighted by Gasteiger charge is -2.38. The third kappa shape index (κ3) is 2.50. The first-order valence-corrected chi connectivity index (χ1v) is 5.83. The van der Waals surface area contributed by atoms with Crippen LogP contribution in [-0.2, 0) is 11.3 Å². The molecule has 0 unspecified atom stereocenters. The smallest absolute Gasteiger partial charge is 0.323 e. The molecule has 0 saturated carbocycles. The van der Waals surface area contributed by atoms with Gasteiger partial charge >= 0.3 is 5.97 Å². The van der Waals surface area contributed by atoms with Crippen molar-refractivity contribution in [2.45, 2.75) is 24.9 Å². The van der Waals surface area contributed by atoms with Crippen molar-refractivity contribution >= 4 is 5.97 Å². The standard InChI is InChI=1S/C12H18N2O3/c1-13-12(11(15)16)4-6-14(7-5-12)9-10-3-2-8-17-10/h2-3,8,13H,4-7,9H2,1H3,(H,15,16). The number of piperidine rings is 1. The summed E-state index contributed by atoms with van der Waals surface area (Å²) < 4.78 is 5.29. The second kappa shape index (κ2) is 4.89. The van der Waals surface area contributed by atoms with E-state index in [2.05, 4.69) is 10.2 Å². The maximum atomic E-state index is 11.2. The van der Waals surface area contributed by atoms with Gasteiger partial charge in [0.25, 0.3) is 0 Å². The average Bonchev–Trinajstić information content (AvgIpc) is 2.83. The van der Waals surface area contributed by atoms with Crippen LogP contribution in [0.25, 0.3) is 0 Å². The molecular weight excluding hydrogens is 220 g/mol. The summed E-state index contributed by atoms with van der Waals surface area (Å²) in [5.41, 5.74) is -0.750. The molecule has 1 saturated heterocycles. The number of likely N-dealkylation sites (tertiary alicyclic amines) is 1. The van der Waals surface area contributed by atoms with Crippen molar-refractivity contribution in [3.05, 3.63) is 24.2 Å². The monoisotopic (exact) mass is 238 g/mol. The quantitative estimate of drug-likeness (QED) is 0.816. The lowest BCUT2D eigenvalue weighted by Crippen LogP contribution is -2.57. The maximum Gasteiger partial charge on any atom is 0.323 e. The fraction of sp³-hybridized carbons (Fsp3) is 0.583. The van der Waals surface area contributed by atoms with Crippen LogP contribution >= 0.6 is 0 Å². The van der Waals surface area contributed by atoms with Crippen molar-refractivity contribution in [2.75, 3.05) is 20.1 Å². The number of hydrogen-bond acceptors (Lipinski definition) is 4. The summed E-state index contributed by atoms with van der Waals surface area (Å²) >= 11 is 0. The van der Waals surface area contributed by atoms with Crippen molar-refractivity contribution < 1.29 is 14.3 Å². The molecule has 2 rings (SSSR count). The molecule has 17 heavy (non-hydrogen) atoms. The maximum absolute atomic E-state index is 11.2. The second-order valence-electron chi connectivity index (χ2n) is 4.49. The van der Waals surface area contributed by atoms with Gasteiger partial charge in [0.2, 0.25) is 0 Å². The van der Waals surface area contributed by atoms with Crippen molar-refractivity contribution in [2.24, 2.45) is 0 Å². The highest BCUT2D eigenvalue weighted by Crippen LogP contribution is 2.23. The molecule has 1 aliphatic rings. The zero-order valence-corrected chi connectivity index (χ0v) is 9.98. The van der Waals surface area contributed by atoms with Gasteiger partial charge < -0.3 is 14.8 Å². The van der Waals surface area contributed by atoms with Gasteiger partial charge in [-0.05, 0) is 32.0 Å². The molecule has 0 aliphatic carbocycles. The summed E-state index contributed by atoms with van der Waals surface area (Å²) in [5, 5.41) is 12.2. The number of nitrogens with zero attached hydrogens (tertiary/aromatic N) is 1. The van der Waals surface area contributed by atoms with Crippen LogP contribution in [-0.4, -0.2) is 41.7 Å². The number of carboxylic acids is 1. The Kier molecular flexibility index (Phi) is 3.49. The van der Waals surface area contributed by atoms with E-state index in [1.165, 1.54) is 0 Å². The molecule has 5 heteroatoms. The lowest BCUT2D eigenvalue weighted by molar-refractivity contribution is -0.146. The van der Waals surface area contributed by atoms with Crippen LogP contribution in [0.4, 0.5) is 0 Å². The van der Waals surface area contributed by atoms with Gasteiger partial charge in [0.05, 0.1) is 12.8 Å². The zero-order chi connectivity index (χ0) is 12.3. The summed E-state index contributed by atoms with van der Waals surface area (Å²) in [5.74, 6) is 0.176. The van der Waals surface area contributed by atoms with Gasteiger partial charge in [-0.15, -0.1) is 0 Å². The first kappa shape index (κ1) is 12.1. The molecular formula is C12H18N2O3. The Balaban J connectivity index is 1.91. The third-order valence-corrected chi connectivity index (χ3v) is 3.56. The molecule has 1 fully saturated rings. The molecule has 2 heterocycles. The van der Waals surface area contributed by atoms with Crippen molar-refractivity contribution in [3.8, 4) is 0 Å². The molecule has 94 valence electrons. The molecule has 0 aromatic carbocycles. The van der Waals surface area contributed by atoms with E-state index in [4.69, 9.17) is 4.42 Å². The van der Waals surface area contributed by atoms with E-state index in [1.807, 2.05) is 12.1 Å². The number of hydrogen-bond donors (Lipinski definition) is 2. The van der Waals surface area contributed by atoms with Crippen LogP contribution in [0.3, 0.4) is 0 Å². The van der Waals surface area contributed by atoms with E-state index < -0.39 is 11.5 Å². The number of furan rings is 1. The third-order valence-electron chi connectivity index (χ3n) is 3.56.